The normalized spacial score (nSPS) is 18.6. The Morgan fingerprint density at radius 1 is 1.32 bits per heavy atom. The topological polar surface area (TPSA) is 104 Å². The van der Waals surface area contributed by atoms with Gasteiger partial charge < -0.3 is 10.2 Å². The third kappa shape index (κ3) is 3.52. The highest BCUT2D eigenvalue weighted by Gasteiger charge is 2.44. The van der Waals surface area contributed by atoms with Gasteiger partial charge >= 0.3 is 0 Å². The van der Waals surface area contributed by atoms with Crippen LogP contribution in [0.2, 0.25) is 0 Å². The van der Waals surface area contributed by atoms with E-state index in [1.54, 1.807) is 16.9 Å². The second kappa shape index (κ2) is 7.50. The van der Waals surface area contributed by atoms with Crippen molar-refractivity contribution >= 4 is 28.9 Å². The van der Waals surface area contributed by atoms with Crippen molar-refractivity contribution in [3.8, 4) is 0 Å². The van der Waals surface area contributed by atoms with Gasteiger partial charge in [0.15, 0.2) is 17.4 Å². The molecule has 0 amide bonds. The zero-order valence-electron chi connectivity index (χ0n) is 17.5. The van der Waals surface area contributed by atoms with Gasteiger partial charge in [0.2, 0.25) is 5.95 Å². The lowest BCUT2D eigenvalue weighted by atomic mass is 9.89. The average Bonchev–Trinajstić information content (AvgIpc) is 3.49. The minimum Gasteiger partial charge on any atom is -0.327 e. The van der Waals surface area contributed by atoms with E-state index in [1.807, 2.05) is 55.3 Å². The summed E-state index contributed by atoms with van der Waals surface area (Å²) >= 11 is 0. The van der Waals surface area contributed by atoms with Crippen LogP contribution in [0.5, 0.6) is 0 Å². The second-order valence-electron chi connectivity index (χ2n) is 8.15. The van der Waals surface area contributed by atoms with Crippen LogP contribution in [0.1, 0.15) is 31.0 Å². The number of carbonyl (C=O) groups excluding carboxylic acids is 1. The molecule has 0 bridgehead atoms. The fourth-order valence-corrected chi connectivity index (χ4v) is 4.18. The van der Waals surface area contributed by atoms with Crippen molar-refractivity contribution in [2.75, 3.05) is 16.8 Å². The van der Waals surface area contributed by atoms with Crippen LogP contribution >= 0.6 is 0 Å². The Balaban J connectivity index is 1.49. The van der Waals surface area contributed by atoms with Crippen LogP contribution in [0.3, 0.4) is 0 Å². The molecule has 0 unspecified atom stereocenters. The third-order valence-corrected chi connectivity index (χ3v) is 5.90. The van der Waals surface area contributed by atoms with Gasteiger partial charge in [-0.3, -0.25) is 14.9 Å². The summed E-state index contributed by atoms with van der Waals surface area (Å²) in [6, 6.07) is 9.57. The lowest BCUT2D eigenvalue weighted by Crippen LogP contribution is -2.49. The van der Waals surface area contributed by atoms with Gasteiger partial charge in [0.05, 0.1) is 5.54 Å². The minimum atomic E-state index is -0.670. The van der Waals surface area contributed by atoms with Crippen LogP contribution in [0.15, 0.2) is 48.9 Å². The van der Waals surface area contributed by atoms with E-state index in [-0.39, 0.29) is 5.78 Å². The molecule has 31 heavy (non-hydrogen) atoms. The molecule has 1 fully saturated rings. The lowest BCUT2D eigenvalue weighted by Gasteiger charge is -2.34. The summed E-state index contributed by atoms with van der Waals surface area (Å²) in [6.45, 7) is 4.66. The zero-order chi connectivity index (χ0) is 21.4. The Hall–Kier alpha value is -3.75. The van der Waals surface area contributed by atoms with E-state index >= 15 is 0 Å². The maximum absolute atomic E-state index is 13.4. The number of H-pyrrole nitrogens is 1. The molecule has 0 radical (unpaired) electrons. The molecule has 1 aliphatic rings. The predicted molar refractivity (Wildman–Crippen MR) is 118 cm³/mol. The largest absolute Gasteiger partial charge is 0.327 e. The monoisotopic (exact) mass is 416 g/mol. The third-order valence-electron chi connectivity index (χ3n) is 5.90. The van der Waals surface area contributed by atoms with E-state index in [4.69, 9.17) is 10.1 Å². The number of nitrogens with one attached hydrogen (secondary N) is 2. The molecule has 0 spiro atoms. The molecule has 9 heteroatoms. The molecule has 0 aromatic carbocycles. The van der Waals surface area contributed by atoms with Gasteiger partial charge in [-0.1, -0.05) is 6.07 Å². The summed E-state index contributed by atoms with van der Waals surface area (Å²) in [5.41, 5.74) is 2.04. The van der Waals surface area contributed by atoms with Crippen LogP contribution in [0.4, 0.5) is 17.6 Å². The smallest absolute Gasteiger partial charge is 0.246 e. The molecule has 0 aliphatic carbocycles. The molecule has 1 atom stereocenters. The standard InChI is InChI=1S/C22H24N8O/c1-15-12-19(27-26-15)24-20-17-7-4-11-30(17)28-21(25-20)29-10-5-8-22(29,2)18(31)13-16-6-3-9-23-14-16/h3-4,6-7,9,11-12,14H,5,8,10,13H2,1-2H3,(H2,24,25,26,27,28)/t22-/m0/s1. The van der Waals surface area contributed by atoms with Crippen molar-refractivity contribution in [3.05, 3.63) is 60.2 Å². The SMILES string of the molecule is Cc1cc(Nc2nc(N3CCC[C@@]3(C)C(=O)Cc3cccnc3)nn3cccc23)n[nH]1. The van der Waals surface area contributed by atoms with Gasteiger partial charge in [-0.2, -0.15) is 10.1 Å². The number of aromatic amines is 1. The number of nitrogens with zero attached hydrogens (tertiary/aromatic N) is 6. The highest BCUT2D eigenvalue weighted by atomic mass is 16.1. The maximum Gasteiger partial charge on any atom is 0.246 e. The Labute approximate surface area is 179 Å². The summed E-state index contributed by atoms with van der Waals surface area (Å²) in [5, 5.41) is 15.2. The molecule has 4 aromatic heterocycles. The van der Waals surface area contributed by atoms with Crippen LogP contribution in [-0.4, -0.2) is 47.6 Å². The first-order valence-electron chi connectivity index (χ1n) is 10.4. The van der Waals surface area contributed by atoms with E-state index in [0.717, 1.165) is 36.2 Å². The predicted octanol–water partition coefficient (Wildman–Crippen LogP) is 3.07. The van der Waals surface area contributed by atoms with E-state index < -0.39 is 5.54 Å². The van der Waals surface area contributed by atoms with Crippen LogP contribution in [0, 0.1) is 6.92 Å². The number of hydrogen-bond donors (Lipinski definition) is 2. The Kier molecular flexibility index (Phi) is 4.65. The van der Waals surface area contributed by atoms with Gasteiger partial charge in [0, 0.05) is 43.3 Å². The van der Waals surface area contributed by atoms with Crippen molar-refractivity contribution in [3.63, 3.8) is 0 Å². The van der Waals surface area contributed by atoms with Gasteiger partial charge in [0.1, 0.15) is 5.52 Å². The van der Waals surface area contributed by atoms with Gasteiger partial charge in [-0.05, 0) is 50.5 Å². The lowest BCUT2D eigenvalue weighted by molar-refractivity contribution is -0.122. The van der Waals surface area contributed by atoms with E-state index in [1.165, 1.54) is 0 Å². The first-order valence-corrected chi connectivity index (χ1v) is 10.4. The molecule has 0 saturated carbocycles. The summed E-state index contributed by atoms with van der Waals surface area (Å²) in [7, 11) is 0. The maximum atomic E-state index is 13.4. The number of carbonyl (C=O) groups is 1. The van der Waals surface area contributed by atoms with Gasteiger partial charge in [-0.25, -0.2) is 4.52 Å². The molecule has 2 N–H and O–H groups in total. The fraction of sp³-hybridized carbons (Fsp3) is 0.318. The Morgan fingerprint density at radius 2 is 2.23 bits per heavy atom. The van der Waals surface area contributed by atoms with Crippen LogP contribution in [-0.2, 0) is 11.2 Å². The van der Waals surface area contributed by atoms with Gasteiger partial charge in [0.25, 0.3) is 0 Å². The van der Waals surface area contributed by atoms with Crippen LogP contribution in [0.25, 0.3) is 5.52 Å². The summed E-state index contributed by atoms with van der Waals surface area (Å²) < 4.78 is 1.79. The molecule has 158 valence electrons. The number of aromatic nitrogens is 6. The highest BCUT2D eigenvalue weighted by Crippen LogP contribution is 2.35. The van der Waals surface area contributed by atoms with Crippen LogP contribution < -0.4 is 10.2 Å². The van der Waals surface area contributed by atoms with Gasteiger partial charge in [-0.15, -0.1) is 5.10 Å². The zero-order valence-corrected chi connectivity index (χ0v) is 17.5. The molecule has 1 aliphatic heterocycles. The quantitative estimate of drug-likeness (QED) is 0.498. The Bertz CT molecular complexity index is 1230. The molecule has 9 nitrogen and oxygen atoms in total. The van der Waals surface area contributed by atoms with Crippen molar-refractivity contribution < 1.29 is 4.79 Å². The summed E-state index contributed by atoms with van der Waals surface area (Å²) in [6.07, 6.45) is 7.35. The summed E-state index contributed by atoms with van der Waals surface area (Å²) in [5.74, 6) is 2.00. The number of anilines is 3. The number of aryl methyl sites for hydroxylation is 1. The molecular weight excluding hydrogens is 392 g/mol. The fourth-order valence-electron chi connectivity index (χ4n) is 4.18. The Morgan fingerprint density at radius 3 is 3.00 bits per heavy atom. The van der Waals surface area contributed by atoms with Crippen molar-refractivity contribution in [1.82, 2.24) is 29.8 Å². The van der Waals surface area contributed by atoms with E-state index in [0.29, 0.717) is 24.0 Å². The van der Waals surface area contributed by atoms with Crippen molar-refractivity contribution in [2.24, 2.45) is 0 Å². The number of rotatable bonds is 6. The second-order valence-corrected chi connectivity index (χ2v) is 8.15. The number of pyridine rings is 1. The minimum absolute atomic E-state index is 0.145. The molecule has 5 heterocycles. The number of hydrogen-bond acceptors (Lipinski definition) is 7. The number of ketones is 1. The van der Waals surface area contributed by atoms with Crippen molar-refractivity contribution in [1.29, 1.82) is 0 Å². The highest BCUT2D eigenvalue weighted by molar-refractivity contribution is 5.93. The van der Waals surface area contributed by atoms with E-state index in [9.17, 15) is 4.79 Å². The molecule has 1 saturated heterocycles. The first kappa shape index (κ1) is 19.2. The first-order chi connectivity index (χ1) is 15.0. The average molecular weight is 416 g/mol. The molecule has 5 rings (SSSR count). The molecular formula is C22H24N8O. The van der Waals surface area contributed by atoms with E-state index in [2.05, 4.69) is 20.5 Å². The van der Waals surface area contributed by atoms with Crippen molar-refractivity contribution in [2.45, 2.75) is 38.6 Å². The number of fused-ring (bicyclic) bond motifs is 1. The number of Topliss-reactive ketones (excluding diaryl/α,β-unsaturated/α-hetero) is 1. The summed E-state index contributed by atoms with van der Waals surface area (Å²) in [4.78, 5) is 24.3. The molecule has 4 aromatic rings.